The van der Waals surface area contributed by atoms with Crippen molar-refractivity contribution in [3.05, 3.63) is 54.1 Å². The molecular formula is C23H19Cl3F6N2O2S. The molecule has 1 aliphatic carbocycles. The van der Waals surface area contributed by atoms with Crippen LogP contribution < -0.4 is 0 Å². The van der Waals surface area contributed by atoms with Gasteiger partial charge in [-0.2, -0.15) is 31.4 Å². The maximum atomic E-state index is 14.9. The Morgan fingerprint density at radius 1 is 1.05 bits per heavy atom. The molecule has 1 aromatic carbocycles. The lowest BCUT2D eigenvalue weighted by atomic mass is 9.86. The highest BCUT2D eigenvalue weighted by Crippen LogP contribution is 2.58. The minimum atomic E-state index is -4.99. The van der Waals surface area contributed by atoms with Crippen LogP contribution in [0.2, 0.25) is 15.1 Å². The maximum absolute atomic E-state index is 14.9. The van der Waals surface area contributed by atoms with Gasteiger partial charge in [0.15, 0.2) is 0 Å². The summed E-state index contributed by atoms with van der Waals surface area (Å²) in [7, 11) is 0. The van der Waals surface area contributed by atoms with Gasteiger partial charge in [-0.1, -0.05) is 34.8 Å². The fourth-order valence-electron chi connectivity index (χ4n) is 5.42. The molecule has 3 aliphatic rings. The van der Waals surface area contributed by atoms with E-state index in [1.807, 2.05) is 5.38 Å². The number of hydroxylamine groups is 2. The van der Waals surface area contributed by atoms with Gasteiger partial charge in [-0.15, -0.1) is 11.3 Å². The Bertz CT molecular complexity index is 1210. The average Bonchev–Trinajstić information content (AvgIpc) is 3.54. The highest BCUT2D eigenvalue weighted by molar-refractivity contribution is 7.10. The summed E-state index contributed by atoms with van der Waals surface area (Å²) in [6.07, 6.45) is -8.10. The normalized spacial score (nSPS) is 26.9. The van der Waals surface area contributed by atoms with Gasteiger partial charge in [0.05, 0.1) is 21.1 Å². The van der Waals surface area contributed by atoms with Crippen molar-refractivity contribution >= 4 is 52.0 Å². The van der Waals surface area contributed by atoms with E-state index in [1.165, 1.54) is 11.3 Å². The number of nitrogens with zero attached hydrogens (tertiary/aromatic N) is 2. The van der Waals surface area contributed by atoms with Gasteiger partial charge in [0, 0.05) is 17.8 Å². The van der Waals surface area contributed by atoms with E-state index in [9.17, 15) is 31.1 Å². The number of benzene rings is 1. The zero-order chi connectivity index (χ0) is 26.9. The van der Waals surface area contributed by atoms with Crippen LogP contribution in [-0.4, -0.2) is 47.4 Å². The van der Waals surface area contributed by atoms with E-state index >= 15 is 0 Å². The summed E-state index contributed by atoms with van der Waals surface area (Å²) in [6.45, 7) is -1.74. The smallest absolute Gasteiger partial charge is 0.332 e. The number of carbonyl (C=O) groups excluding carboxylic acids is 1. The molecule has 0 radical (unpaired) electrons. The number of alkyl halides is 6. The summed E-state index contributed by atoms with van der Waals surface area (Å²) >= 11 is 19.4. The molecule has 2 fully saturated rings. The van der Waals surface area contributed by atoms with Crippen LogP contribution in [0.25, 0.3) is 0 Å². The Hall–Kier alpha value is -1.24. The minimum Gasteiger partial charge on any atom is -0.332 e. The van der Waals surface area contributed by atoms with Crippen LogP contribution in [-0.2, 0) is 28.1 Å². The molecule has 4 nitrogen and oxygen atoms in total. The monoisotopic (exact) mass is 606 g/mol. The fraction of sp³-hybridized carbons (Fsp3) is 0.522. The number of amides is 1. The predicted molar refractivity (Wildman–Crippen MR) is 127 cm³/mol. The molecule has 0 N–H and O–H groups in total. The van der Waals surface area contributed by atoms with Crippen LogP contribution in [0.1, 0.15) is 46.9 Å². The van der Waals surface area contributed by atoms with Crippen molar-refractivity contribution in [2.45, 2.75) is 62.1 Å². The second kappa shape index (κ2) is 9.45. The Labute approximate surface area is 227 Å². The van der Waals surface area contributed by atoms with E-state index in [4.69, 9.17) is 39.6 Å². The maximum Gasteiger partial charge on any atom is 0.423 e. The second-order valence-corrected chi connectivity index (χ2v) is 11.5. The highest BCUT2D eigenvalue weighted by atomic mass is 35.5. The fourth-order valence-corrected chi connectivity index (χ4v) is 7.26. The molecular weight excluding hydrogens is 589 g/mol. The summed E-state index contributed by atoms with van der Waals surface area (Å²) in [4.78, 5) is 20.0. The van der Waals surface area contributed by atoms with Crippen molar-refractivity contribution in [1.82, 2.24) is 9.96 Å². The quantitative estimate of drug-likeness (QED) is 0.267. The van der Waals surface area contributed by atoms with Gasteiger partial charge in [-0.05, 0) is 59.9 Å². The number of fused-ring (bicyclic) bond motifs is 1. The van der Waals surface area contributed by atoms with Crippen LogP contribution in [0.3, 0.4) is 0 Å². The van der Waals surface area contributed by atoms with E-state index in [0.717, 1.165) is 41.2 Å². The second-order valence-electron chi connectivity index (χ2n) is 9.39. The SMILES string of the molecule is O=C1C(N2OC(c3cc(Cl)c(Cl)c(Cl)c3)(C(F)(F)F)CC2c2scc3c2CCC3)CCN1CC(F)(F)F. The molecule has 5 rings (SSSR count). The number of hydrogen-bond donors (Lipinski definition) is 0. The molecule has 0 saturated carbocycles. The van der Waals surface area contributed by atoms with Gasteiger partial charge in [-0.25, -0.2) is 0 Å². The van der Waals surface area contributed by atoms with Crippen LogP contribution in [0.4, 0.5) is 26.3 Å². The molecule has 1 amide bonds. The number of carbonyl (C=O) groups is 1. The molecule has 14 heteroatoms. The summed E-state index contributed by atoms with van der Waals surface area (Å²) in [5, 5.41) is 2.30. The molecule has 3 unspecified atom stereocenters. The topological polar surface area (TPSA) is 32.8 Å². The largest absolute Gasteiger partial charge is 0.423 e. The van der Waals surface area contributed by atoms with Gasteiger partial charge in [-0.3, -0.25) is 9.63 Å². The van der Waals surface area contributed by atoms with Crippen molar-refractivity contribution in [2.24, 2.45) is 0 Å². The summed E-state index contributed by atoms with van der Waals surface area (Å²) in [5.41, 5.74) is -1.43. The summed E-state index contributed by atoms with van der Waals surface area (Å²) in [5.74, 6) is -0.930. The number of hydrogen-bond acceptors (Lipinski definition) is 4. The first-order chi connectivity index (χ1) is 17.2. The van der Waals surface area contributed by atoms with E-state index in [-0.39, 0.29) is 28.0 Å². The number of thiophene rings is 1. The van der Waals surface area contributed by atoms with Crippen molar-refractivity contribution in [2.75, 3.05) is 13.1 Å². The van der Waals surface area contributed by atoms with Gasteiger partial charge in [0.1, 0.15) is 12.6 Å². The molecule has 202 valence electrons. The highest BCUT2D eigenvalue weighted by Gasteiger charge is 2.66. The van der Waals surface area contributed by atoms with E-state index in [2.05, 4.69) is 0 Å². The van der Waals surface area contributed by atoms with Crippen molar-refractivity contribution in [3.8, 4) is 0 Å². The van der Waals surface area contributed by atoms with Crippen LogP contribution >= 0.6 is 46.1 Å². The van der Waals surface area contributed by atoms with E-state index in [1.54, 1.807) is 0 Å². The molecule has 2 aliphatic heterocycles. The molecule has 37 heavy (non-hydrogen) atoms. The zero-order valence-corrected chi connectivity index (χ0v) is 21.9. The van der Waals surface area contributed by atoms with Crippen LogP contribution in [0, 0.1) is 0 Å². The van der Waals surface area contributed by atoms with Crippen LogP contribution in [0.15, 0.2) is 17.5 Å². The van der Waals surface area contributed by atoms with Crippen molar-refractivity contribution in [3.63, 3.8) is 0 Å². The lowest BCUT2D eigenvalue weighted by molar-refractivity contribution is -0.333. The molecule has 0 bridgehead atoms. The van der Waals surface area contributed by atoms with Gasteiger partial charge in [0.2, 0.25) is 11.5 Å². The van der Waals surface area contributed by atoms with E-state index in [0.29, 0.717) is 16.2 Å². The molecule has 3 atom stereocenters. The molecule has 2 aromatic rings. The molecule has 3 heterocycles. The molecule has 1 aromatic heterocycles. The third kappa shape index (κ3) is 4.74. The lowest BCUT2D eigenvalue weighted by Crippen LogP contribution is -2.47. The Morgan fingerprint density at radius 2 is 1.73 bits per heavy atom. The third-order valence-corrected chi connectivity index (χ3v) is 9.46. The average molecular weight is 608 g/mol. The first-order valence-electron chi connectivity index (χ1n) is 11.4. The zero-order valence-electron chi connectivity index (χ0n) is 18.9. The predicted octanol–water partition coefficient (Wildman–Crippen LogP) is 7.50. The van der Waals surface area contributed by atoms with E-state index < -0.39 is 54.5 Å². The van der Waals surface area contributed by atoms with Gasteiger partial charge < -0.3 is 4.90 Å². The number of likely N-dealkylation sites (tertiary alicyclic amines) is 1. The minimum absolute atomic E-state index is 0.116. The van der Waals surface area contributed by atoms with Crippen LogP contribution in [0.5, 0.6) is 0 Å². The Morgan fingerprint density at radius 3 is 2.35 bits per heavy atom. The molecule has 2 saturated heterocycles. The first kappa shape index (κ1) is 27.3. The first-order valence-corrected chi connectivity index (χ1v) is 13.4. The molecule has 0 spiro atoms. The van der Waals surface area contributed by atoms with Crippen molar-refractivity contribution in [1.29, 1.82) is 0 Å². The standard InChI is InChI=1S/C23H19Cl3F6N2O2S/c24-14-6-12(7-15(25)18(14)26)21(23(30,31)32)8-17(19-13-3-1-2-11(13)9-37-19)34(36-21)16-4-5-33(20(16)35)10-22(27,28)29/h6-7,9,16-17H,1-5,8,10H2. The van der Waals surface area contributed by atoms with Gasteiger partial charge >= 0.3 is 12.4 Å². The Balaban J connectivity index is 1.61. The summed E-state index contributed by atoms with van der Waals surface area (Å²) < 4.78 is 83.8. The third-order valence-electron chi connectivity index (χ3n) is 7.09. The summed E-state index contributed by atoms with van der Waals surface area (Å²) in [6, 6.07) is -0.306. The Kier molecular flexibility index (Phi) is 6.98. The lowest BCUT2D eigenvalue weighted by Gasteiger charge is -2.33. The number of rotatable bonds is 4. The van der Waals surface area contributed by atoms with Crippen molar-refractivity contribution < 1.29 is 36.0 Å². The van der Waals surface area contributed by atoms with Gasteiger partial charge in [0.25, 0.3) is 0 Å². The number of aryl methyl sites for hydroxylation is 1. The number of halogens is 9.